The monoisotopic (exact) mass is 220 g/mol. The van der Waals surface area contributed by atoms with E-state index in [0.29, 0.717) is 0 Å². The topological polar surface area (TPSA) is 9.23 Å². The lowest BCUT2D eigenvalue weighted by Crippen LogP contribution is -1.95. The third-order valence-corrected chi connectivity index (χ3v) is 1.95. The molecule has 0 aromatic rings. The number of halogens is 1. The Morgan fingerprint density at radius 1 is 1.18 bits per heavy atom. The van der Waals surface area contributed by atoms with Gasteiger partial charge in [0.2, 0.25) is 0 Å². The maximum absolute atomic E-state index is 5.33. The van der Waals surface area contributed by atoms with Crippen LogP contribution in [0.5, 0.6) is 0 Å². The summed E-state index contributed by atoms with van der Waals surface area (Å²) < 4.78 is 5.33. The Morgan fingerprint density at radius 2 is 2.00 bits per heavy atom. The van der Waals surface area contributed by atoms with Gasteiger partial charge in [-0.3, -0.25) is 0 Å². The van der Waals surface area contributed by atoms with Crippen molar-refractivity contribution in [1.82, 2.24) is 0 Å². The van der Waals surface area contributed by atoms with Crippen LogP contribution in [0.4, 0.5) is 0 Å². The van der Waals surface area contributed by atoms with Crippen LogP contribution >= 0.6 is 15.9 Å². The van der Waals surface area contributed by atoms with Crippen LogP contribution in [-0.2, 0) is 4.74 Å². The minimum absolute atomic E-state index is 0.831. The van der Waals surface area contributed by atoms with Crippen molar-refractivity contribution in [1.29, 1.82) is 0 Å². The quantitative estimate of drug-likeness (QED) is 0.347. The summed E-state index contributed by atoms with van der Waals surface area (Å²) in [4.78, 5) is 0. The summed E-state index contributed by atoms with van der Waals surface area (Å²) in [6, 6.07) is 0. The molecule has 0 N–H and O–H groups in total. The minimum atomic E-state index is 0.831. The summed E-state index contributed by atoms with van der Waals surface area (Å²) in [5, 5.41) is 1.11. The first-order chi connectivity index (χ1) is 5.41. The summed E-state index contributed by atoms with van der Waals surface area (Å²) >= 11 is 3.39. The minimum Gasteiger partial charge on any atom is -0.381 e. The average molecular weight is 221 g/mol. The summed E-state index contributed by atoms with van der Waals surface area (Å²) in [6.07, 6.45) is 6.56. The van der Waals surface area contributed by atoms with Gasteiger partial charge in [0.1, 0.15) is 0 Å². The van der Waals surface area contributed by atoms with Gasteiger partial charge in [0.25, 0.3) is 0 Å². The smallest absolute Gasteiger partial charge is 0.0500 e. The summed E-state index contributed by atoms with van der Waals surface area (Å²) in [6.45, 7) is 5.36. The lowest BCUT2D eigenvalue weighted by Gasteiger charge is -2.00. The van der Waals surface area contributed by atoms with Crippen LogP contribution in [0.3, 0.4) is 0 Å². The van der Waals surface area contributed by atoms with E-state index >= 15 is 0 Å². The fourth-order valence-electron chi connectivity index (χ4n) is 0.744. The molecule has 66 valence electrons. The molecule has 1 nitrogen and oxygen atoms in total. The van der Waals surface area contributed by atoms with Gasteiger partial charge in [0.05, 0.1) is 0 Å². The molecule has 0 fully saturated rings. The summed E-state index contributed by atoms with van der Waals surface area (Å²) in [5.74, 6) is 0. The number of alkyl halides is 1. The van der Waals surface area contributed by atoms with Crippen LogP contribution in [0, 0.1) is 0 Å². The molecule has 0 amide bonds. The van der Waals surface area contributed by atoms with Crippen LogP contribution in [0.15, 0.2) is 12.7 Å². The Kier molecular flexibility index (Phi) is 10.3. The van der Waals surface area contributed by atoms with Crippen molar-refractivity contribution < 1.29 is 4.74 Å². The zero-order valence-corrected chi connectivity index (χ0v) is 8.61. The Morgan fingerprint density at radius 3 is 2.64 bits per heavy atom. The van der Waals surface area contributed by atoms with Gasteiger partial charge >= 0.3 is 0 Å². The molecule has 0 atom stereocenters. The number of rotatable bonds is 8. The van der Waals surface area contributed by atoms with Gasteiger partial charge in [-0.1, -0.05) is 28.4 Å². The maximum Gasteiger partial charge on any atom is 0.0500 e. The second-order valence-electron chi connectivity index (χ2n) is 2.44. The zero-order valence-electron chi connectivity index (χ0n) is 7.02. The normalized spacial score (nSPS) is 9.91. The predicted octanol–water partition coefficient (Wildman–Crippen LogP) is 3.14. The first-order valence-electron chi connectivity index (χ1n) is 4.16. The van der Waals surface area contributed by atoms with Gasteiger partial charge in [-0.2, -0.15) is 0 Å². The van der Waals surface area contributed by atoms with Crippen LogP contribution in [0.25, 0.3) is 0 Å². The first-order valence-corrected chi connectivity index (χ1v) is 5.28. The number of ether oxygens (including phenoxy) is 1. The van der Waals surface area contributed by atoms with E-state index in [0.717, 1.165) is 25.0 Å². The second-order valence-corrected chi connectivity index (χ2v) is 3.23. The molecule has 0 aliphatic carbocycles. The fraction of sp³-hybridized carbons (Fsp3) is 0.778. The molecule has 0 heterocycles. The SMILES string of the molecule is C=CCCOCCCCCBr. The highest BCUT2D eigenvalue weighted by Crippen LogP contribution is 1.98. The highest BCUT2D eigenvalue weighted by molar-refractivity contribution is 9.09. The summed E-state index contributed by atoms with van der Waals surface area (Å²) in [7, 11) is 0. The van der Waals surface area contributed by atoms with Gasteiger partial charge in [-0.25, -0.2) is 0 Å². The Labute approximate surface area is 78.0 Å². The van der Waals surface area contributed by atoms with E-state index in [1.165, 1.54) is 19.3 Å². The van der Waals surface area contributed by atoms with E-state index in [-0.39, 0.29) is 0 Å². The molecule has 0 spiro atoms. The van der Waals surface area contributed by atoms with Crippen LogP contribution < -0.4 is 0 Å². The Hall–Kier alpha value is 0.180. The molecule has 0 aromatic heterocycles. The Bertz CT molecular complexity index is 83.6. The van der Waals surface area contributed by atoms with E-state index in [1.54, 1.807) is 0 Å². The van der Waals surface area contributed by atoms with Gasteiger partial charge in [-0.05, 0) is 19.3 Å². The van der Waals surface area contributed by atoms with Crippen molar-refractivity contribution in [3.05, 3.63) is 12.7 Å². The number of unbranched alkanes of at least 4 members (excludes halogenated alkanes) is 2. The first kappa shape index (κ1) is 11.2. The van der Waals surface area contributed by atoms with Gasteiger partial charge in [0.15, 0.2) is 0 Å². The van der Waals surface area contributed by atoms with Crippen molar-refractivity contribution in [3.8, 4) is 0 Å². The molecule has 0 unspecified atom stereocenters. The van der Waals surface area contributed by atoms with Crippen LogP contribution in [0.2, 0.25) is 0 Å². The molecule has 0 saturated heterocycles. The molecule has 0 bridgehead atoms. The molecular formula is C9H17BrO. The lowest BCUT2D eigenvalue weighted by molar-refractivity contribution is 0.135. The van der Waals surface area contributed by atoms with E-state index in [2.05, 4.69) is 22.5 Å². The molecule has 0 aliphatic heterocycles. The third-order valence-electron chi connectivity index (χ3n) is 1.39. The highest BCUT2D eigenvalue weighted by Gasteiger charge is 1.87. The largest absolute Gasteiger partial charge is 0.381 e. The van der Waals surface area contributed by atoms with Gasteiger partial charge in [-0.15, -0.1) is 6.58 Å². The van der Waals surface area contributed by atoms with Crippen LogP contribution in [-0.4, -0.2) is 18.5 Å². The maximum atomic E-state index is 5.33. The van der Waals surface area contributed by atoms with Gasteiger partial charge in [0, 0.05) is 18.5 Å². The second kappa shape index (κ2) is 10.2. The number of hydrogen-bond donors (Lipinski definition) is 0. The predicted molar refractivity (Wildman–Crippen MR) is 53.3 cm³/mol. The zero-order chi connectivity index (χ0) is 8.36. The van der Waals surface area contributed by atoms with Crippen molar-refractivity contribution in [3.63, 3.8) is 0 Å². The van der Waals surface area contributed by atoms with Crippen molar-refractivity contribution in [2.45, 2.75) is 25.7 Å². The Balaban J connectivity index is 2.74. The molecular weight excluding hydrogens is 204 g/mol. The molecule has 0 saturated carbocycles. The molecule has 2 heteroatoms. The average Bonchev–Trinajstić information content (AvgIpc) is 2.03. The molecule has 0 aromatic carbocycles. The summed E-state index contributed by atoms with van der Waals surface area (Å²) in [5.41, 5.74) is 0. The molecule has 0 rings (SSSR count). The van der Waals surface area contributed by atoms with Crippen molar-refractivity contribution >= 4 is 15.9 Å². The van der Waals surface area contributed by atoms with E-state index < -0.39 is 0 Å². The van der Waals surface area contributed by atoms with Crippen LogP contribution in [0.1, 0.15) is 25.7 Å². The third kappa shape index (κ3) is 10.2. The van der Waals surface area contributed by atoms with E-state index in [1.807, 2.05) is 6.08 Å². The van der Waals surface area contributed by atoms with E-state index in [4.69, 9.17) is 4.74 Å². The standard InChI is InChI=1S/C9H17BrO/c1-2-3-8-11-9-6-4-5-7-10/h2H,1,3-9H2. The number of hydrogen-bond acceptors (Lipinski definition) is 1. The molecule has 0 radical (unpaired) electrons. The highest BCUT2D eigenvalue weighted by atomic mass is 79.9. The van der Waals surface area contributed by atoms with Crippen molar-refractivity contribution in [2.24, 2.45) is 0 Å². The lowest BCUT2D eigenvalue weighted by atomic mass is 10.3. The van der Waals surface area contributed by atoms with Gasteiger partial charge < -0.3 is 4.74 Å². The molecule has 0 aliphatic rings. The fourth-order valence-corrected chi connectivity index (χ4v) is 1.14. The van der Waals surface area contributed by atoms with E-state index in [9.17, 15) is 0 Å². The van der Waals surface area contributed by atoms with Crippen molar-refractivity contribution in [2.75, 3.05) is 18.5 Å². The molecule has 11 heavy (non-hydrogen) atoms.